The summed E-state index contributed by atoms with van der Waals surface area (Å²) >= 11 is 0. The van der Waals surface area contributed by atoms with Gasteiger partial charge < -0.3 is 4.74 Å². The van der Waals surface area contributed by atoms with Crippen LogP contribution in [0.3, 0.4) is 0 Å². The Morgan fingerprint density at radius 3 is 2.62 bits per heavy atom. The summed E-state index contributed by atoms with van der Waals surface area (Å²) in [6.45, 7) is 4.92. The van der Waals surface area contributed by atoms with Crippen LogP contribution < -0.4 is 0 Å². The fourth-order valence-corrected chi connectivity index (χ4v) is 3.92. The van der Waals surface area contributed by atoms with Gasteiger partial charge in [-0.15, -0.1) is 0 Å². The summed E-state index contributed by atoms with van der Waals surface area (Å²) in [5.74, 6) is 0.0214. The number of esters is 1. The minimum Gasteiger partial charge on any atom is -0.464 e. The van der Waals surface area contributed by atoms with E-state index in [4.69, 9.17) is 4.74 Å². The minimum atomic E-state index is -0.173. The first-order chi connectivity index (χ1) is 11.8. The molecule has 0 bridgehead atoms. The monoisotopic (exact) mass is 327 g/mol. The van der Waals surface area contributed by atoms with Crippen LogP contribution in [-0.4, -0.2) is 36.6 Å². The third-order valence-corrected chi connectivity index (χ3v) is 5.36. The first-order valence-electron chi connectivity index (χ1n) is 9.38. The van der Waals surface area contributed by atoms with E-state index in [0.29, 0.717) is 12.6 Å². The molecule has 1 aliphatic heterocycles. The standard InChI is InChI=1S/C21H29NO2/c1-17(22-14-8-9-15-22)16-24-21(23)20(18-10-4-2-5-11-18)19-12-6-3-7-13-19/h2,4-6,10-12,17,19-20H,3,7-9,13-16H2,1H3. The zero-order chi connectivity index (χ0) is 16.8. The molecule has 1 aromatic rings. The van der Waals surface area contributed by atoms with Gasteiger partial charge in [-0.05, 0) is 63.6 Å². The fraction of sp³-hybridized carbons (Fsp3) is 0.571. The largest absolute Gasteiger partial charge is 0.464 e. The number of hydrogen-bond donors (Lipinski definition) is 0. The van der Waals surface area contributed by atoms with Crippen LogP contribution in [0.15, 0.2) is 42.5 Å². The van der Waals surface area contributed by atoms with Crippen LogP contribution in [0.2, 0.25) is 0 Å². The van der Waals surface area contributed by atoms with E-state index in [0.717, 1.165) is 37.9 Å². The van der Waals surface area contributed by atoms with Crippen molar-refractivity contribution in [1.29, 1.82) is 0 Å². The van der Waals surface area contributed by atoms with Crippen LogP contribution in [-0.2, 0) is 9.53 Å². The molecule has 0 aromatic heterocycles. The summed E-state index contributed by atoms with van der Waals surface area (Å²) in [7, 11) is 0. The molecule has 130 valence electrons. The zero-order valence-electron chi connectivity index (χ0n) is 14.7. The molecule has 3 heteroatoms. The maximum Gasteiger partial charge on any atom is 0.314 e. The Balaban J connectivity index is 1.66. The maximum absolute atomic E-state index is 12.9. The number of nitrogens with zero attached hydrogens (tertiary/aromatic N) is 1. The predicted molar refractivity (Wildman–Crippen MR) is 96.9 cm³/mol. The van der Waals surface area contributed by atoms with Crippen LogP contribution in [0.1, 0.15) is 50.5 Å². The van der Waals surface area contributed by atoms with Crippen molar-refractivity contribution in [2.24, 2.45) is 5.92 Å². The predicted octanol–water partition coefficient (Wildman–Crippen LogP) is 4.15. The molecule has 0 amide bonds. The molecule has 3 atom stereocenters. The van der Waals surface area contributed by atoms with Gasteiger partial charge in [0.25, 0.3) is 0 Å². The quantitative estimate of drug-likeness (QED) is 0.580. The Labute approximate surface area is 145 Å². The molecule has 3 unspecified atom stereocenters. The third kappa shape index (κ3) is 4.27. The number of carbonyl (C=O) groups excluding carboxylic acids is 1. The number of allylic oxidation sites excluding steroid dienone is 2. The molecule has 3 rings (SSSR count). The van der Waals surface area contributed by atoms with E-state index < -0.39 is 0 Å². The van der Waals surface area contributed by atoms with Crippen LogP contribution in [0.4, 0.5) is 0 Å². The summed E-state index contributed by atoms with van der Waals surface area (Å²) in [6, 6.07) is 10.4. The molecule has 1 fully saturated rings. The van der Waals surface area contributed by atoms with Crippen molar-refractivity contribution in [3.8, 4) is 0 Å². The number of likely N-dealkylation sites (tertiary alicyclic amines) is 1. The van der Waals surface area contributed by atoms with E-state index in [2.05, 4.69) is 36.1 Å². The van der Waals surface area contributed by atoms with Gasteiger partial charge in [-0.25, -0.2) is 0 Å². The van der Waals surface area contributed by atoms with E-state index in [1.165, 1.54) is 12.8 Å². The lowest BCUT2D eigenvalue weighted by Gasteiger charge is -2.28. The number of hydrogen-bond acceptors (Lipinski definition) is 3. The van der Waals surface area contributed by atoms with Crippen LogP contribution in [0, 0.1) is 5.92 Å². The lowest BCUT2D eigenvalue weighted by molar-refractivity contribution is -0.148. The molecule has 3 nitrogen and oxygen atoms in total. The van der Waals surface area contributed by atoms with Gasteiger partial charge >= 0.3 is 5.97 Å². The van der Waals surface area contributed by atoms with Gasteiger partial charge in [-0.3, -0.25) is 9.69 Å². The maximum atomic E-state index is 12.9. The van der Waals surface area contributed by atoms with Gasteiger partial charge in [0.2, 0.25) is 0 Å². The summed E-state index contributed by atoms with van der Waals surface area (Å²) < 4.78 is 5.77. The van der Waals surface area contributed by atoms with E-state index in [9.17, 15) is 4.79 Å². The minimum absolute atomic E-state index is 0.0659. The highest BCUT2D eigenvalue weighted by atomic mass is 16.5. The first-order valence-corrected chi connectivity index (χ1v) is 9.38. The van der Waals surface area contributed by atoms with Crippen LogP contribution in [0.25, 0.3) is 0 Å². The molecule has 0 radical (unpaired) electrons. The molecule has 24 heavy (non-hydrogen) atoms. The first kappa shape index (κ1) is 17.2. The lowest BCUT2D eigenvalue weighted by Crippen LogP contribution is -2.36. The van der Waals surface area contributed by atoms with E-state index in [1.54, 1.807) is 0 Å². The Bertz CT molecular complexity index is 548. The van der Waals surface area contributed by atoms with Crippen molar-refractivity contribution >= 4 is 5.97 Å². The summed E-state index contributed by atoms with van der Waals surface area (Å²) in [4.78, 5) is 15.3. The number of carbonyl (C=O) groups is 1. The van der Waals surface area contributed by atoms with E-state index in [-0.39, 0.29) is 17.8 Å². The second-order valence-corrected chi connectivity index (χ2v) is 7.13. The normalized spacial score (nSPS) is 23.8. The van der Waals surface area contributed by atoms with Gasteiger partial charge in [0.1, 0.15) is 6.61 Å². The SMILES string of the molecule is CC(COC(=O)C(c1ccccc1)C1C=CCCC1)N1CCCC1. The Kier molecular flexibility index (Phi) is 6.08. The Hall–Kier alpha value is -1.61. The molecular formula is C21H29NO2. The summed E-state index contributed by atoms with van der Waals surface area (Å²) in [5.41, 5.74) is 1.08. The van der Waals surface area contributed by atoms with Crippen molar-refractivity contribution in [3.05, 3.63) is 48.0 Å². The van der Waals surface area contributed by atoms with Gasteiger partial charge in [-0.2, -0.15) is 0 Å². The van der Waals surface area contributed by atoms with Crippen molar-refractivity contribution in [2.75, 3.05) is 19.7 Å². The molecule has 1 aromatic carbocycles. The molecular weight excluding hydrogens is 298 g/mol. The lowest BCUT2D eigenvalue weighted by atomic mass is 9.80. The van der Waals surface area contributed by atoms with E-state index >= 15 is 0 Å². The van der Waals surface area contributed by atoms with Gasteiger partial charge in [0.05, 0.1) is 5.92 Å². The van der Waals surface area contributed by atoms with Gasteiger partial charge in [0.15, 0.2) is 0 Å². The average molecular weight is 327 g/mol. The average Bonchev–Trinajstić information content (AvgIpc) is 3.16. The number of benzene rings is 1. The summed E-state index contributed by atoms with van der Waals surface area (Å²) in [5, 5.41) is 0. The smallest absolute Gasteiger partial charge is 0.314 e. The molecule has 0 saturated carbocycles. The van der Waals surface area contributed by atoms with Crippen molar-refractivity contribution in [1.82, 2.24) is 4.90 Å². The highest BCUT2D eigenvalue weighted by Gasteiger charge is 2.31. The Morgan fingerprint density at radius 2 is 1.96 bits per heavy atom. The highest BCUT2D eigenvalue weighted by molar-refractivity contribution is 5.79. The van der Waals surface area contributed by atoms with E-state index in [1.807, 2.05) is 18.2 Å². The zero-order valence-corrected chi connectivity index (χ0v) is 14.7. The van der Waals surface area contributed by atoms with Crippen LogP contribution >= 0.6 is 0 Å². The second-order valence-electron chi connectivity index (χ2n) is 7.13. The Morgan fingerprint density at radius 1 is 1.21 bits per heavy atom. The molecule has 1 aliphatic carbocycles. The molecule has 2 aliphatic rings. The van der Waals surface area contributed by atoms with Crippen LogP contribution in [0.5, 0.6) is 0 Å². The number of ether oxygens (including phenoxy) is 1. The van der Waals surface area contributed by atoms with Crippen molar-refractivity contribution < 1.29 is 9.53 Å². The molecule has 1 saturated heterocycles. The summed E-state index contributed by atoms with van der Waals surface area (Å²) in [6.07, 6.45) is 10.3. The fourth-order valence-electron chi connectivity index (χ4n) is 3.92. The molecule has 0 N–H and O–H groups in total. The van der Waals surface area contributed by atoms with Crippen molar-refractivity contribution in [3.63, 3.8) is 0 Å². The second kappa shape index (κ2) is 8.48. The third-order valence-electron chi connectivity index (χ3n) is 5.36. The topological polar surface area (TPSA) is 29.5 Å². The van der Waals surface area contributed by atoms with Gasteiger partial charge in [0, 0.05) is 6.04 Å². The molecule has 0 spiro atoms. The van der Waals surface area contributed by atoms with Gasteiger partial charge in [-0.1, -0.05) is 42.5 Å². The number of rotatable bonds is 6. The van der Waals surface area contributed by atoms with Crippen molar-refractivity contribution in [2.45, 2.75) is 51.0 Å². The highest BCUT2D eigenvalue weighted by Crippen LogP contribution is 2.33. The molecule has 1 heterocycles.